The van der Waals surface area contributed by atoms with Gasteiger partial charge in [0.15, 0.2) is 0 Å². The molecule has 0 spiro atoms. The molecule has 3 rings (SSSR count). The summed E-state index contributed by atoms with van der Waals surface area (Å²) >= 11 is 0. The first-order valence-corrected chi connectivity index (χ1v) is 7.60. The van der Waals surface area contributed by atoms with E-state index in [1.54, 1.807) is 0 Å². The molecule has 2 aliphatic heterocycles. The smallest absolute Gasteiger partial charge is 0.267 e. The first-order chi connectivity index (χ1) is 10.7. The molecule has 6 nitrogen and oxygen atoms in total. The number of fused-ring (bicyclic) bond motifs is 1. The van der Waals surface area contributed by atoms with Crippen molar-refractivity contribution in [3.05, 3.63) is 29.3 Å². The Hall–Kier alpha value is -2.37. The zero-order chi connectivity index (χ0) is 15.4. The van der Waals surface area contributed by atoms with Gasteiger partial charge in [-0.3, -0.25) is 9.59 Å². The number of rotatable bonds is 4. The van der Waals surface area contributed by atoms with Crippen LogP contribution in [0.25, 0.3) is 0 Å². The maximum Gasteiger partial charge on any atom is 0.267 e. The van der Waals surface area contributed by atoms with Crippen molar-refractivity contribution in [3.8, 4) is 5.75 Å². The van der Waals surface area contributed by atoms with Crippen molar-refractivity contribution in [1.29, 1.82) is 0 Å². The first-order valence-electron chi connectivity index (χ1n) is 7.60. The highest BCUT2D eigenvalue weighted by atomic mass is 16.5. The average Bonchev–Trinajstić information content (AvgIpc) is 2.55. The number of hydrogen-bond donors (Lipinski definition) is 2. The molecule has 0 bridgehead atoms. The molecule has 2 aliphatic rings. The summed E-state index contributed by atoms with van der Waals surface area (Å²) in [7, 11) is 0. The molecule has 22 heavy (non-hydrogen) atoms. The second-order valence-corrected chi connectivity index (χ2v) is 5.49. The van der Waals surface area contributed by atoms with Crippen LogP contribution in [0.3, 0.4) is 0 Å². The van der Waals surface area contributed by atoms with E-state index in [0.29, 0.717) is 25.1 Å². The van der Waals surface area contributed by atoms with Crippen LogP contribution in [0.1, 0.15) is 30.4 Å². The molecule has 0 radical (unpaired) electrons. The number of aryl methyl sites for hydroxylation is 1. The van der Waals surface area contributed by atoms with Crippen LogP contribution < -0.4 is 15.5 Å². The van der Waals surface area contributed by atoms with Gasteiger partial charge >= 0.3 is 0 Å². The van der Waals surface area contributed by atoms with Gasteiger partial charge in [-0.05, 0) is 36.5 Å². The predicted molar refractivity (Wildman–Crippen MR) is 81.8 cm³/mol. The minimum absolute atomic E-state index is 0.146. The fraction of sp³-hybridized carbons (Fsp3) is 0.438. The van der Waals surface area contributed by atoms with E-state index in [2.05, 4.69) is 21.9 Å². The zero-order valence-corrected chi connectivity index (χ0v) is 12.4. The van der Waals surface area contributed by atoms with Crippen LogP contribution in [0.2, 0.25) is 0 Å². The normalized spacial score (nSPS) is 16.9. The molecule has 0 aromatic heterocycles. The van der Waals surface area contributed by atoms with Crippen LogP contribution in [0, 0.1) is 0 Å². The standard InChI is InChI=1S/C16H19N3O3/c20-15-6-4-13(18-19-15)16(21)17-8-7-11-3-5-14-12(10-11)2-1-9-22-14/h3,5,10H,1-2,4,6-9H2,(H,17,21)(H,19,20). The van der Waals surface area contributed by atoms with Crippen molar-refractivity contribution < 1.29 is 14.3 Å². The van der Waals surface area contributed by atoms with Gasteiger partial charge in [-0.1, -0.05) is 12.1 Å². The van der Waals surface area contributed by atoms with Gasteiger partial charge in [-0.15, -0.1) is 0 Å². The van der Waals surface area contributed by atoms with E-state index in [1.165, 1.54) is 11.1 Å². The van der Waals surface area contributed by atoms with Gasteiger partial charge in [0.1, 0.15) is 11.5 Å². The van der Waals surface area contributed by atoms with Gasteiger partial charge in [0.25, 0.3) is 5.91 Å². The summed E-state index contributed by atoms with van der Waals surface area (Å²) < 4.78 is 5.59. The molecular formula is C16H19N3O3. The third kappa shape index (κ3) is 3.44. The molecule has 116 valence electrons. The Labute approximate surface area is 128 Å². The van der Waals surface area contributed by atoms with Gasteiger partial charge < -0.3 is 10.1 Å². The summed E-state index contributed by atoms with van der Waals surface area (Å²) in [6.07, 6.45) is 3.58. The summed E-state index contributed by atoms with van der Waals surface area (Å²) in [5.74, 6) is 0.625. The Bertz CT molecular complexity index is 625. The lowest BCUT2D eigenvalue weighted by molar-refractivity contribution is -0.121. The fourth-order valence-corrected chi connectivity index (χ4v) is 2.63. The highest BCUT2D eigenvalue weighted by Gasteiger charge is 2.17. The number of nitrogens with zero attached hydrogens (tertiary/aromatic N) is 1. The third-order valence-corrected chi connectivity index (χ3v) is 3.84. The monoisotopic (exact) mass is 301 g/mol. The number of carbonyl (C=O) groups excluding carboxylic acids is 2. The van der Waals surface area contributed by atoms with Crippen molar-refractivity contribution in [2.24, 2.45) is 5.10 Å². The molecule has 0 atom stereocenters. The number of hydrazone groups is 1. The van der Waals surface area contributed by atoms with Gasteiger partial charge in [-0.25, -0.2) is 5.43 Å². The Kier molecular flexibility index (Phi) is 4.37. The summed E-state index contributed by atoms with van der Waals surface area (Å²) in [5, 5.41) is 6.63. The Morgan fingerprint density at radius 3 is 3.05 bits per heavy atom. The molecule has 1 aromatic carbocycles. The quantitative estimate of drug-likeness (QED) is 0.868. The van der Waals surface area contributed by atoms with E-state index in [9.17, 15) is 9.59 Å². The van der Waals surface area contributed by atoms with Crippen LogP contribution in [0.15, 0.2) is 23.3 Å². The number of ether oxygens (including phenoxy) is 1. The van der Waals surface area contributed by atoms with E-state index in [1.807, 2.05) is 12.1 Å². The first kappa shape index (κ1) is 14.6. The van der Waals surface area contributed by atoms with Crippen molar-refractivity contribution >= 4 is 17.5 Å². The summed E-state index contributed by atoms with van der Waals surface area (Å²) in [4.78, 5) is 22.9. The Morgan fingerprint density at radius 1 is 1.32 bits per heavy atom. The number of carbonyl (C=O) groups is 2. The third-order valence-electron chi connectivity index (χ3n) is 3.84. The van der Waals surface area contributed by atoms with E-state index in [-0.39, 0.29) is 11.8 Å². The maximum absolute atomic E-state index is 11.9. The lowest BCUT2D eigenvalue weighted by Crippen LogP contribution is -2.37. The Morgan fingerprint density at radius 2 is 2.23 bits per heavy atom. The number of benzene rings is 1. The van der Waals surface area contributed by atoms with Gasteiger partial charge in [0, 0.05) is 19.4 Å². The molecule has 0 saturated heterocycles. The van der Waals surface area contributed by atoms with Crippen molar-refractivity contribution in [2.75, 3.05) is 13.2 Å². The molecule has 0 aliphatic carbocycles. The predicted octanol–water partition coefficient (Wildman–Crippen LogP) is 0.936. The van der Waals surface area contributed by atoms with Crippen molar-refractivity contribution in [2.45, 2.75) is 32.1 Å². The number of nitrogens with one attached hydrogen (secondary N) is 2. The molecule has 2 heterocycles. The van der Waals surface area contributed by atoms with Crippen LogP contribution >= 0.6 is 0 Å². The van der Waals surface area contributed by atoms with Crippen molar-refractivity contribution in [3.63, 3.8) is 0 Å². The molecule has 0 saturated carbocycles. The summed E-state index contributed by atoms with van der Waals surface area (Å²) in [6.45, 7) is 1.34. The number of hydrogen-bond acceptors (Lipinski definition) is 4. The van der Waals surface area contributed by atoms with Crippen LogP contribution in [0.4, 0.5) is 0 Å². The second-order valence-electron chi connectivity index (χ2n) is 5.49. The van der Waals surface area contributed by atoms with E-state index < -0.39 is 0 Å². The van der Waals surface area contributed by atoms with E-state index in [4.69, 9.17) is 4.74 Å². The van der Waals surface area contributed by atoms with E-state index in [0.717, 1.165) is 31.6 Å². The van der Waals surface area contributed by atoms with Crippen LogP contribution in [-0.2, 0) is 22.4 Å². The van der Waals surface area contributed by atoms with Crippen LogP contribution in [0.5, 0.6) is 5.75 Å². The fourth-order valence-electron chi connectivity index (χ4n) is 2.63. The average molecular weight is 301 g/mol. The highest BCUT2D eigenvalue weighted by molar-refractivity contribution is 6.39. The molecule has 0 unspecified atom stereocenters. The maximum atomic E-state index is 11.9. The molecule has 1 aromatic rings. The molecule has 2 amide bonds. The summed E-state index contributed by atoms with van der Waals surface area (Å²) in [6, 6.07) is 6.19. The minimum Gasteiger partial charge on any atom is -0.493 e. The molecule has 6 heteroatoms. The lowest BCUT2D eigenvalue weighted by atomic mass is 10.0. The van der Waals surface area contributed by atoms with Crippen LogP contribution in [-0.4, -0.2) is 30.7 Å². The van der Waals surface area contributed by atoms with Gasteiger partial charge in [0.05, 0.1) is 6.61 Å². The van der Waals surface area contributed by atoms with Crippen molar-refractivity contribution in [1.82, 2.24) is 10.7 Å². The molecule has 0 fully saturated rings. The summed E-state index contributed by atoms with van der Waals surface area (Å²) in [5.41, 5.74) is 5.15. The highest BCUT2D eigenvalue weighted by Crippen LogP contribution is 2.25. The zero-order valence-electron chi connectivity index (χ0n) is 12.4. The van der Waals surface area contributed by atoms with E-state index >= 15 is 0 Å². The minimum atomic E-state index is -0.207. The second kappa shape index (κ2) is 6.60. The van der Waals surface area contributed by atoms with Gasteiger partial charge in [-0.2, -0.15) is 5.10 Å². The van der Waals surface area contributed by atoms with Gasteiger partial charge in [0.2, 0.25) is 5.91 Å². The SMILES string of the molecule is O=C1CCC(C(=O)NCCc2ccc3c(c2)CCCO3)=NN1. The Balaban J connectivity index is 1.50. The number of amides is 2. The largest absolute Gasteiger partial charge is 0.493 e. The molecular weight excluding hydrogens is 282 g/mol. The topological polar surface area (TPSA) is 79.8 Å². The molecule has 2 N–H and O–H groups in total. The lowest BCUT2D eigenvalue weighted by Gasteiger charge is -2.18.